The first-order valence-electron chi connectivity index (χ1n) is 3.85. The Morgan fingerprint density at radius 1 is 1.62 bits per heavy atom. The molecular formula is C6H12N2O4S. The summed E-state index contributed by atoms with van der Waals surface area (Å²) in [7, 11) is -3.53. The molecule has 0 aromatic carbocycles. The van der Waals surface area contributed by atoms with Gasteiger partial charge in [0.15, 0.2) is 0 Å². The number of nitrogens with two attached hydrogens (primary N) is 1. The smallest absolute Gasteiger partial charge is 0.225 e. The maximum atomic E-state index is 11.0. The average Bonchev–Trinajstić information content (AvgIpc) is 2.24. The quantitative estimate of drug-likeness (QED) is 0.553. The van der Waals surface area contributed by atoms with Gasteiger partial charge in [0.2, 0.25) is 15.9 Å². The molecule has 3 N–H and O–H groups in total. The molecule has 1 aliphatic rings. The van der Waals surface area contributed by atoms with Crippen LogP contribution in [0.15, 0.2) is 0 Å². The normalized spacial score (nSPS) is 24.0. The fraction of sp³-hybridized carbons (Fsp3) is 0.833. The highest BCUT2D eigenvalue weighted by Gasteiger charge is 2.28. The van der Waals surface area contributed by atoms with Gasteiger partial charge in [0.1, 0.15) is 0 Å². The molecule has 0 aromatic heterocycles. The fourth-order valence-electron chi connectivity index (χ4n) is 1.20. The van der Waals surface area contributed by atoms with E-state index in [4.69, 9.17) is 10.2 Å². The van der Waals surface area contributed by atoms with Crippen molar-refractivity contribution in [2.45, 2.75) is 12.5 Å². The van der Waals surface area contributed by atoms with E-state index in [1.807, 2.05) is 0 Å². The third kappa shape index (κ3) is 3.29. The molecule has 1 heterocycles. The van der Waals surface area contributed by atoms with Gasteiger partial charge in [-0.05, 0) is 0 Å². The van der Waals surface area contributed by atoms with E-state index in [-0.39, 0.29) is 31.2 Å². The zero-order valence-corrected chi connectivity index (χ0v) is 7.83. The number of carbonyl (C=O) groups is 1. The molecule has 0 radical (unpaired) electrons. The first-order chi connectivity index (χ1) is 5.88. The Morgan fingerprint density at radius 2 is 2.23 bits per heavy atom. The number of sulfonamides is 1. The summed E-state index contributed by atoms with van der Waals surface area (Å²) in [5, 5.41) is 13.8. The lowest BCUT2D eigenvalue weighted by Gasteiger charge is -2.14. The highest BCUT2D eigenvalue weighted by molar-refractivity contribution is 7.89. The molecule has 1 rings (SSSR count). The molecule has 0 aromatic rings. The van der Waals surface area contributed by atoms with Crippen molar-refractivity contribution in [3.8, 4) is 0 Å². The SMILES string of the molecule is NS(=O)(=O)CCN1CC(O)CC1=O. The number of carbonyl (C=O) groups excluding carboxylic acids is 1. The van der Waals surface area contributed by atoms with Gasteiger partial charge in [-0.2, -0.15) is 0 Å². The lowest BCUT2D eigenvalue weighted by atomic mass is 10.3. The molecule has 13 heavy (non-hydrogen) atoms. The van der Waals surface area contributed by atoms with Crippen LogP contribution in [-0.2, 0) is 14.8 Å². The van der Waals surface area contributed by atoms with Crippen molar-refractivity contribution < 1.29 is 18.3 Å². The maximum Gasteiger partial charge on any atom is 0.225 e. The standard InChI is InChI=1S/C6H12N2O4S/c7-13(11,12)2-1-8-4-5(9)3-6(8)10/h5,9H,1-4H2,(H2,7,11,12). The molecular weight excluding hydrogens is 196 g/mol. The number of likely N-dealkylation sites (tertiary alicyclic amines) is 1. The summed E-state index contributed by atoms with van der Waals surface area (Å²) < 4.78 is 21.1. The van der Waals surface area contributed by atoms with Gasteiger partial charge in [0.05, 0.1) is 18.3 Å². The van der Waals surface area contributed by atoms with E-state index in [1.165, 1.54) is 4.90 Å². The zero-order chi connectivity index (χ0) is 10.1. The van der Waals surface area contributed by atoms with Gasteiger partial charge in [-0.1, -0.05) is 0 Å². The molecule has 0 aliphatic carbocycles. The number of β-amino-alcohol motifs (C(OH)–C–C–N with tert-alkyl or cyclic N) is 1. The molecule has 1 saturated heterocycles. The Bertz CT molecular complexity index is 300. The van der Waals surface area contributed by atoms with Gasteiger partial charge in [-0.15, -0.1) is 0 Å². The Balaban J connectivity index is 2.43. The Morgan fingerprint density at radius 3 is 2.62 bits per heavy atom. The number of hydrogen-bond acceptors (Lipinski definition) is 4. The van der Waals surface area contributed by atoms with Crippen molar-refractivity contribution in [3.63, 3.8) is 0 Å². The van der Waals surface area contributed by atoms with Crippen molar-refractivity contribution in [1.29, 1.82) is 0 Å². The lowest BCUT2D eigenvalue weighted by Crippen LogP contribution is -2.33. The fourth-order valence-corrected chi connectivity index (χ4v) is 1.68. The minimum atomic E-state index is -3.53. The molecule has 0 saturated carbocycles. The highest BCUT2D eigenvalue weighted by Crippen LogP contribution is 2.09. The lowest BCUT2D eigenvalue weighted by molar-refractivity contribution is -0.127. The number of aliphatic hydroxyl groups excluding tert-OH is 1. The van der Waals surface area contributed by atoms with Gasteiger partial charge in [-0.3, -0.25) is 4.79 Å². The summed E-state index contributed by atoms with van der Waals surface area (Å²) >= 11 is 0. The summed E-state index contributed by atoms with van der Waals surface area (Å²) in [6.45, 7) is 0.267. The van der Waals surface area contributed by atoms with Gasteiger partial charge in [0.25, 0.3) is 0 Å². The molecule has 0 spiro atoms. The number of aliphatic hydroxyl groups is 1. The molecule has 7 heteroatoms. The largest absolute Gasteiger partial charge is 0.391 e. The van der Waals surface area contributed by atoms with Crippen molar-refractivity contribution in [3.05, 3.63) is 0 Å². The van der Waals surface area contributed by atoms with E-state index in [2.05, 4.69) is 0 Å². The van der Waals surface area contributed by atoms with Crippen LogP contribution in [-0.4, -0.2) is 49.3 Å². The van der Waals surface area contributed by atoms with Crippen molar-refractivity contribution in [2.75, 3.05) is 18.8 Å². The first kappa shape index (κ1) is 10.4. The van der Waals surface area contributed by atoms with Gasteiger partial charge >= 0.3 is 0 Å². The molecule has 1 atom stereocenters. The third-order valence-electron chi connectivity index (χ3n) is 1.84. The predicted octanol–water partition coefficient (Wildman–Crippen LogP) is -2.13. The monoisotopic (exact) mass is 208 g/mol. The van der Waals surface area contributed by atoms with Crippen molar-refractivity contribution in [1.82, 2.24) is 4.90 Å². The number of rotatable bonds is 3. The third-order valence-corrected chi connectivity index (χ3v) is 2.59. The van der Waals surface area contributed by atoms with E-state index >= 15 is 0 Å². The van der Waals surface area contributed by atoms with Crippen LogP contribution < -0.4 is 5.14 Å². The summed E-state index contributed by atoms with van der Waals surface area (Å²) in [6, 6.07) is 0. The summed E-state index contributed by atoms with van der Waals surface area (Å²) in [5.41, 5.74) is 0. The van der Waals surface area contributed by atoms with Crippen LogP contribution in [0.5, 0.6) is 0 Å². The van der Waals surface area contributed by atoms with Crippen LogP contribution in [0.2, 0.25) is 0 Å². The van der Waals surface area contributed by atoms with Gasteiger partial charge in [-0.25, -0.2) is 13.6 Å². The highest BCUT2D eigenvalue weighted by atomic mass is 32.2. The van der Waals surface area contributed by atoms with E-state index in [0.29, 0.717) is 0 Å². The first-order valence-corrected chi connectivity index (χ1v) is 5.56. The molecule has 6 nitrogen and oxygen atoms in total. The van der Waals surface area contributed by atoms with Crippen LogP contribution in [0.4, 0.5) is 0 Å². The Labute approximate surface area is 76.4 Å². The summed E-state index contributed by atoms with van der Waals surface area (Å²) in [6.07, 6.45) is -0.599. The van der Waals surface area contributed by atoms with Crippen molar-refractivity contribution >= 4 is 15.9 Å². The van der Waals surface area contributed by atoms with E-state index in [1.54, 1.807) is 0 Å². The second-order valence-corrected chi connectivity index (χ2v) is 4.80. The molecule has 76 valence electrons. The van der Waals surface area contributed by atoms with E-state index in [0.717, 1.165) is 0 Å². The second kappa shape index (κ2) is 3.60. The Hall–Kier alpha value is -0.660. The molecule has 1 fully saturated rings. The number of amides is 1. The van der Waals surface area contributed by atoms with Crippen LogP contribution in [0.3, 0.4) is 0 Å². The molecule has 0 bridgehead atoms. The zero-order valence-electron chi connectivity index (χ0n) is 7.01. The maximum absolute atomic E-state index is 11.0. The summed E-state index contributed by atoms with van der Waals surface area (Å²) in [4.78, 5) is 12.3. The molecule has 1 unspecified atom stereocenters. The molecule has 1 aliphatic heterocycles. The van der Waals surface area contributed by atoms with Crippen LogP contribution in [0, 0.1) is 0 Å². The number of primary sulfonamides is 1. The number of nitrogens with zero attached hydrogens (tertiary/aromatic N) is 1. The van der Waals surface area contributed by atoms with Crippen LogP contribution >= 0.6 is 0 Å². The van der Waals surface area contributed by atoms with E-state index < -0.39 is 16.1 Å². The molecule has 1 amide bonds. The predicted molar refractivity (Wildman–Crippen MR) is 45.2 cm³/mol. The van der Waals surface area contributed by atoms with Gasteiger partial charge < -0.3 is 10.0 Å². The number of hydrogen-bond donors (Lipinski definition) is 2. The van der Waals surface area contributed by atoms with Crippen molar-refractivity contribution in [2.24, 2.45) is 5.14 Å². The van der Waals surface area contributed by atoms with Crippen LogP contribution in [0.25, 0.3) is 0 Å². The van der Waals surface area contributed by atoms with E-state index in [9.17, 15) is 13.2 Å². The van der Waals surface area contributed by atoms with Crippen LogP contribution in [0.1, 0.15) is 6.42 Å². The second-order valence-electron chi connectivity index (χ2n) is 3.06. The van der Waals surface area contributed by atoms with Gasteiger partial charge in [0, 0.05) is 13.1 Å². The minimum Gasteiger partial charge on any atom is -0.391 e. The Kier molecular flexibility index (Phi) is 2.89. The summed E-state index contributed by atoms with van der Waals surface area (Å²) in [5.74, 6) is -0.484. The topological polar surface area (TPSA) is 101 Å². The average molecular weight is 208 g/mol. The minimum absolute atomic E-state index is 0.0642.